The van der Waals surface area contributed by atoms with Crippen molar-refractivity contribution in [3.8, 4) is 0 Å². The van der Waals surface area contributed by atoms with Gasteiger partial charge in [-0.25, -0.2) is 0 Å². The van der Waals surface area contributed by atoms with Gasteiger partial charge in [-0.05, 0) is 36.7 Å². The van der Waals surface area contributed by atoms with Crippen molar-refractivity contribution >= 4 is 11.4 Å². The molecule has 1 aromatic carbocycles. The first-order valence-corrected chi connectivity index (χ1v) is 6.83. The van der Waals surface area contributed by atoms with Crippen LogP contribution < -0.4 is 10.6 Å². The molecule has 0 radical (unpaired) electrons. The maximum absolute atomic E-state index is 10.5. The molecule has 0 amide bonds. The molecule has 2 aromatic rings. The van der Waals surface area contributed by atoms with Crippen LogP contribution in [0.15, 0.2) is 48.8 Å². The summed E-state index contributed by atoms with van der Waals surface area (Å²) >= 11 is 0. The summed E-state index contributed by atoms with van der Waals surface area (Å²) in [5, 5.41) is 17.1. The lowest BCUT2D eigenvalue weighted by Gasteiger charge is -2.07. The predicted octanol–water partition coefficient (Wildman–Crippen LogP) is 2.58. The van der Waals surface area contributed by atoms with Crippen LogP contribution in [-0.2, 0) is 6.54 Å². The van der Waals surface area contributed by atoms with Crippen LogP contribution in [0.1, 0.15) is 12.0 Å². The second-order valence-electron chi connectivity index (χ2n) is 4.62. The van der Waals surface area contributed by atoms with Crippen molar-refractivity contribution in [2.24, 2.45) is 0 Å². The highest BCUT2D eigenvalue weighted by molar-refractivity contribution is 5.48. The van der Waals surface area contributed by atoms with Gasteiger partial charge in [-0.15, -0.1) is 0 Å². The van der Waals surface area contributed by atoms with E-state index < -0.39 is 4.92 Å². The number of nitrogens with one attached hydrogen (secondary N) is 2. The predicted molar refractivity (Wildman–Crippen MR) is 82.1 cm³/mol. The minimum atomic E-state index is -0.397. The normalized spacial score (nSPS) is 10.3. The number of aromatic nitrogens is 1. The van der Waals surface area contributed by atoms with Crippen molar-refractivity contribution in [2.45, 2.75) is 13.0 Å². The molecule has 6 nitrogen and oxygen atoms in total. The molecule has 6 heteroatoms. The third kappa shape index (κ3) is 5.19. The van der Waals surface area contributed by atoms with Crippen molar-refractivity contribution < 1.29 is 4.92 Å². The third-order valence-electron chi connectivity index (χ3n) is 2.99. The van der Waals surface area contributed by atoms with Crippen molar-refractivity contribution in [3.05, 3.63) is 64.5 Å². The molecule has 0 saturated heterocycles. The van der Waals surface area contributed by atoms with Crippen LogP contribution in [0, 0.1) is 10.1 Å². The van der Waals surface area contributed by atoms with Crippen LogP contribution in [0.25, 0.3) is 0 Å². The van der Waals surface area contributed by atoms with Crippen LogP contribution in [0.3, 0.4) is 0 Å². The van der Waals surface area contributed by atoms with Gasteiger partial charge in [-0.1, -0.05) is 6.07 Å². The van der Waals surface area contributed by atoms with E-state index in [1.54, 1.807) is 18.3 Å². The fourth-order valence-electron chi connectivity index (χ4n) is 1.88. The number of anilines is 1. The standard InChI is InChI=1S/C15H18N4O2/c20-19(21)15-6-4-14(5-7-15)18-10-2-9-17-12-13-3-1-8-16-11-13/h1,3-8,11,17-18H,2,9-10,12H2. The molecule has 0 aliphatic heterocycles. The topological polar surface area (TPSA) is 80.1 Å². The SMILES string of the molecule is O=[N+]([O-])c1ccc(NCCCNCc2cccnc2)cc1. The highest BCUT2D eigenvalue weighted by Crippen LogP contribution is 2.15. The molecule has 0 aliphatic carbocycles. The summed E-state index contributed by atoms with van der Waals surface area (Å²) in [5.41, 5.74) is 2.17. The molecule has 1 heterocycles. The Hall–Kier alpha value is -2.47. The molecular weight excluding hydrogens is 268 g/mol. The first-order chi connectivity index (χ1) is 10.3. The molecular formula is C15H18N4O2. The molecule has 0 bridgehead atoms. The number of non-ortho nitro benzene ring substituents is 1. The van der Waals surface area contributed by atoms with Crippen LogP contribution >= 0.6 is 0 Å². The Balaban J connectivity index is 1.60. The Kier molecular flexibility index (Phi) is 5.66. The lowest BCUT2D eigenvalue weighted by Crippen LogP contribution is -2.17. The fraction of sp³-hybridized carbons (Fsp3) is 0.267. The number of pyridine rings is 1. The van der Waals surface area contributed by atoms with Gasteiger partial charge in [0.25, 0.3) is 5.69 Å². The highest BCUT2D eigenvalue weighted by Gasteiger charge is 2.03. The summed E-state index contributed by atoms with van der Waals surface area (Å²) in [7, 11) is 0. The Labute approximate surface area is 123 Å². The van der Waals surface area contributed by atoms with E-state index in [-0.39, 0.29) is 5.69 Å². The van der Waals surface area contributed by atoms with Gasteiger partial charge in [0.2, 0.25) is 0 Å². The van der Waals surface area contributed by atoms with Gasteiger partial charge in [-0.2, -0.15) is 0 Å². The number of hydrogen-bond acceptors (Lipinski definition) is 5. The molecule has 1 aromatic heterocycles. The molecule has 21 heavy (non-hydrogen) atoms. The Bertz CT molecular complexity index is 558. The minimum absolute atomic E-state index is 0.110. The zero-order valence-electron chi connectivity index (χ0n) is 11.7. The quantitative estimate of drug-likeness (QED) is 0.443. The summed E-state index contributed by atoms with van der Waals surface area (Å²) in [6.07, 6.45) is 4.58. The zero-order chi connectivity index (χ0) is 14.9. The van der Waals surface area contributed by atoms with Crippen molar-refractivity contribution in [1.29, 1.82) is 0 Å². The van der Waals surface area contributed by atoms with Crippen LogP contribution in [0.2, 0.25) is 0 Å². The lowest BCUT2D eigenvalue weighted by molar-refractivity contribution is -0.384. The van der Waals surface area contributed by atoms with Gasteiger partial charge >= 0.3 is 0 Å². The summed E-state index contributed by atoms with van der Waals surface area (Å²) in [5.74, 6) is 0. The number of nitro benzene ring substituents is 1. The largest absolute Gasteiger partial charge is 0.385 e. The maximum Gasteiger partial charge on any atom is 0.269 e. The van der Waals surface area contributed by atoms with Crippen molar-refractivity contribution in [2.75, 3.05) is 18.4 Å². The second-order valence-corrected chi connectivity index (χ2v) is 4.62. The Morgan fingerprint density at radius 2 is 1.95 bits per heavy atom. The maximum atomic E-state index is 10.5. The van der Waals surface area contributed by atoms with E-state index in [0.29, 0.717) is 0 Å². The smallest absolute Gasteiger partial charge is 0.269 e. The highest BCUT2D eigenvalue weighted by atomic mass is 16.6. The van der Waals surface area contributed by atoms with Gasteiger partial charge in [0, 0.05) is 43.3 Å². The van der Waals surface area contributed by atoms with Crippen LogP contribution in [0.4, 0.5) is 11.4 Å². The average Bonchev–Trinajstić information content (AvgIpc) is 2.52. The van der Waals surface area contributed by atoms with Gasteiger partial charge in [0.05, 0.1) is 4.92 Å². The Morgan fingerprint density at radius 1 is 1.14 bits per heavy atom. The number of hydrogen-bond donors (Lipinski definition) is 2. The summed E-state index contributed by atoms with van der Waals surface area (Å²) < 4.78 is 0. The molecule has 0 atom stereocenters. The zero-order valence-corrected chi connectivity index (χ0v) is 11.7. The van der Waals surface area contributed by atoms with E-state index in [4.69, 9.17) is 0 Å². The number of rotatable bonds is 8. The summed E-state index contributed by atoms with van der Waals surface area (Å²) in [6.45, 7) is 2.53. The van der Waals surface area contributed by atoms with E-state index in [0.717, 1.165) is 31.7 Å². The molecule has 0 spiro atoms. The average molecular weight is 286 g/mol. The lowest BCUT2D eigenvalue weighted by atomic mass is 10.2. The van der Waals surface area contributed by atoms with Crippen LogP contribution in [-0.4, -0.2) is 23.0 Å². The third-order valence-corrected chi connectivity index (χ3v) is 2.99. The van der Waals surface area contributed by atoms with Gasteiger partial charge < -0.3 is 10.6 Å². The molecule has 0 unspecified atom stereocenters. The fourth-order valence-corrected chi connectivity index (χ4v) is 1.88. The van der Waals surface area contributed by atoms with Gasteiger partial charge in [0.1, 0.15) is 0 Å². The van der Waals surface area contributed by atoms with Crippen LogP contribution in [0.5, 0.6) is 0 Å². The first kappa shape index (κ1) is 14.9. The van der Waals surface area contributed by atoms with Gasteiger partial charge in [0.15, 0.2) is 0 Å². The minimum Gasteiger partial charge on any atom is -0.385 e. The molecule has 2 rings (SSSR count). The van der Waals surface area contributed by atoms with E-state index in [2.05, 4.69) is 15.6 Å². The summed E-state index contributed by atoms with van der Waals surface area (Å²) in [4.78, 5) is 14.2. The first-order valence-electron chi connectivity index (χ1n) is 6.83. The Morgan fingerprint density at radius 3 is 2.62 bits per heavy atom. The second kappa shape index (κ2) is 7.96. The van der Waals surface area contributed by atoms with Crippen molar-refractivity contribution in [3.63, 3.8) is 0 Å². The molecule has 0 saturated carbocycles. The molecule has 0 fully saturated rings. The number of nitro groups is 1. The molecule has 0 aliphatic rings. The number of nitrogens with zero attached hydrogens (tertiary/aromatic N) is 2. The van der Waals surface area contributed by atoms with E-state index in [1.807, 2.05) is 18.3 Å². The van der Waals surface area contributed by atoms with Crippen molar-refractivity contribution in [1.82, 2.24) is 10.3 Å². The summed E-state index contributed by atoms with van der Waals surface area (Å²) in [6, 6.07) is 10.4. The van der Waals surface area contributed by atoms with Gasteiger partial charge in [-0.3, -0.25) is 15.1 Å². The van der Waals surface area contributed by atoms with E-state index in [9.17, 15) is 10.1 Å². The molecule has 2 N–H and O–H groups in total. The monoisotopic (exact) mass is 286 g/mol. The number of benzene rings is 1. The van der Waals surface area contributed by atoms with E-state index >= 15 is 0 Å². The molecule has 110 valence electrons. The van der Waals surface area contributed by atoms with E-state index in [1.165, 1.54) is 17.7 Å².